The first-order chi connectivity index (χ1) is 8.58. The van der Waals surface area contributed by atoms with Crippen molar-refractivity contribution in [3.63, 3.8) is 0 Å². The molecule has 0 spiro atoms. The lowest BCUT2D eigenvalue weighted by Gasteiger charge is -2.13. The van der Waals surface area contributed by atoms with E-state index in [9.17, 15) is 4.79 Å². The van der Waals surface area contributed by atoms with Crippen LogP contribution in [0.5, 0.6) is 5.75 Å². The van der Waals surface area contributed by atoms with E-state index in [0.717, 1.165) is 4.47 Å². The van der Waals surface area contributed by atoms with Gasteiger partial charge in [-0.15, -0.1) is 5.10 Å². The highest BCUT2D eigenvalue weighted by atomic mass is 79.9. The Bertz CT molecular complexity index is 559. The van der Waals surface area contributed by atoms with E-state index < -0.39 is 12.1 Å². The van der Waals surface area contributed by atoms with Crippen LogP contribution in [0.3, 0.4) is 0 Å². The van der Waals surface area contributed by atoms with E-state index in [1.165, 1.54) is 18.5 Å². The molecule has 0 saturated heterocycles. The third-order valence-corrected chi connectivity index (χ3v) is 3.23. The van der Waals surface area contributed by atoms with Crippen molar-refractivity contribution in [1.82, 2.24) is 9.59 Å². The number of ether oxygens (including phenoxy) is 1. The molecule has 0 radical (unpaired) electrons. The van der Waals surface area contributed by atoms with Crippen LogP contribution >= 0.6 is 27.5 Å². The molecule has 0 fully saturated rings. The van der Waals surface area contributed by atoms with Crippen molar-refractivity contribution < 1.29 is 14.6 Å². The molecule has 1 N–H and O–H groups in total. The Morgan fingerprint density at radius 1 is 1.56 bits per heavy atom. The molecule has 0 aliphatic heterocycles. The second kappa shape index (κ2) is 5.45. The van der Waals surface area contributed by atoms with Crippen LogP contribution in [0.4, 0.5) is 0 Å². The molecule has 0 aliphatic carbocycles. The highest BCUT2D eigenvalue weighted by Crippen LogP contribution is 2.32. The first-order valence-electron chi connectivity index (χ1n) is 5.04. The largest absolute Gasteiger partial charge is 0.479 e. The van der Waals surface area contributed by atoms with Gasteiger partial charge < -0.3 is 9.84 Å². The lowest BCUT2D eigenvalue weighted by Crippen LogP contribution is -2.23. The van der Waals surface area contributed by atoms with Crippen LogP contribution in [-0.4, -0.2) is 26.8 Å². The van der Waals surface area contributed by atoms with Crippen molar-refractivity contribution in [2.45, 2.75) is 13.0 Å². The van der Waals surface area contributed by atoms with Crippen LogP contribution in [0.1, 0.15) is 6.92 Å². The fourth-order valence-electron chi connectivity index (χ4n) is 1.33. The quantitative estimate of drug-likeness (QED) is 0.934. The number of carboxylic acids is 1. The molecule has 2 rings (SSSR count). The van der Waals surface area contributed by atoms with Gasteiger partial charge >= 0.3 is 5.97 Å². The summed E-state index contributed by atoms with van der Waals surface area (Å²) in [6.07, 6.45) is -0.920. The molecular formula is C11H9BrN2O3S. The molecular weight excluding hydrogens is 320 g/mol. The van der Waals surface area contributed by atoms with Crippen molar-refractivity contribution in [3.05, 3.63) is 28.1 Å². The van der Waals surface area contributed by atoms with Crippen molar-refractivity contribution in [3.8, 4) is 17.0 Å². The maximum atomic E-state index is 10.8. The lowest BCUT2D eigenvalue weighted by atomic mass is 10.1. The summed E-state index contributed by atoms with van der Waals surface area (Å²) in [6.45, 7) is 1.48. The minimum absolute atomic E-state index is 0.473. The molecule has 5 nitrogen and oxygen atoms in total. The minimum Gasteiger partial charge on any atom is -0.479 e. The summed E-state index contributed by atoms with van der Waals surface area (Å²) in [5, 5.41) is 14.6. The Labute approximate surface area is 116 Å². The minimum atomic E-state index is -1.01. The SMILES string of the molecule is C[C@H](Oc1ccc(Br)cc1-c1csnn1)C(=O)O. The molecule has 1 aromatic carbocycles. The maximum absolute atomic E-state index is 10.8. The zero-order valence-electron chi connectivity index (χ0n) is 9.33. The van der Waals surface area contributed by atoms with Gasteiger partial charge in [0.05, 0.1) is 0 Å². The van der Waals surface area contributed by atoms with E-state index in [1.54, 1.807) is 17.5 Å². The number of carboxylic acid groups (broad SMARTS) is 1. The smallest absolute Gasteiger partial charge is 0.344 e. The van der Waals surface area contributed by atoms with E-state index in [-0.39, 0.29) is 0 Å². The molecule has 1 aromatic heterocycles. The van der Waals surface area contributed by atoms with Crippen LogP contribution in [-0.2, 0) is 4.79 Å². The average Bonchev–Trinajstić information content (AvgIpc) is 2.84. The normalized spacial score (nSPS) is 12.1. The van der Waals surface area contributed by atoms with Crippen LogP contribution in [0.15, 0.2) is 28.1 Å². The predicted molar refractivity (Wildman–Crippen MR) is 70.8 cm³/mol. The fraction of sp³-hybridized carbons (Fsp3) is 0.182. The van der Waals surface area contributed by atoms with E-state index in [0.29, 0.717) is 17.0 Å². The molecule has 18 heavy (non-hydrogen) atoms. The van der Waals surface area contributed by atoms with E-state index in [4.69, 9.17) is 9.84 Å². The molecule has 7 heteroatoms. The summed E-state index contributed by atoms with van der Waals surface area (Å²) in [4.78, 5) is 10.8. The first-order valence-corrected chi connectivity index (χ1v) is 6.67. The van der Waals surface area contributed by atoms with Gasteiger partial charge in [0.2, 0.25) is 0 Å². The molecule has 0 aliphatic rings. The number of hydrogen-bond donors (Lipinski definition) is 1. The number of halogens is 1. The number of aliphatic carboxylic acids is 1. The summed E-state index contributed by atoms with van der Waals surface area (Å²) in [7, 11) is 0. The van der Waals surface area contributed by atoms with E-state index in [2.05, 4.69) is 25.5 Å². The summed E-state index contributed by atoms with van der Waals surface area (Å²) >= 11 is 4.59. The number of nitrogens with zero attached hydrogens (tertiary/aromatic N) is 2. The zero-order valence-corrected chi connectivity index (χ0v) is 11.7. The third-order valence-electron chi connectivity index (χ3n) is 2.23. The number of benzene rings is 1. The van der Waals surface area contributed by atoms with Gasteiger partial charge in [0.25, 0.3) is 0 Å². The zero-order chi connectivity index (χ0) is 13.1. The Kier molecular flexibility index (Phi) is 3.93. The van der Waals surface area contributed by atoms with Crippen molar-refractivity contribution in [2.75, 3.05) is 0 Å². The van der Waals surface area contributed by atoms with Crippen LogP contribution < -0.4 is 4.74 Å². The average molecular weight is 329 g/mol. The number of rotatable bonds is 4. The highest BCUT2D eigenvalue weighted by molar-refractivity contribution is 9.10. The second-order valence-electron chi connectivity index (χ2n) is 3.53. The van der Waals surface area contributed by atoms with Gasteiger partial charge in [-0.1, -0.05) is 20.4 Å². The van der Waals surface area contributed by atoms with Gasteiger partial charge in [0.1, 0.15) is 11.4 Å². The Morgan fingerprint density at radius 3 is 2.94 bits per heavy atom. The number of aromatic nitrogens is 2. The maximum Gasteiger partial charge on any atom is 0.344 e. The summed E-state index contributed by atoms with van der Waals surface area (Å²) in [5.41, 5.74) is 1.38. The monoisotopic (exact) mass is 328 g/mol. The molecule has 94 valence electrons. The van der Waals surface area contributed by atoms with Gasteiger partial charge in [0, 0.05) is 15.4 Å². The number of carbonyl (C=O) groups is 1. The van der Waals surface area contributed by atoms with Crippen molar-refractivity contribution in [1.29, 1.82) is 0 Å². The summed E-state index contributed by atoms with van der Waals surface area (Å²) in [5.74, 6) is -0.541. The molecule has 1 heterocycles. The Morgan fingerprint density at radius 2 is 2.33 bits per heavy atom. The highest BCUT2D eigenvalue weighted by Gasteiger charge is 2.16. The van der Waals surface area contributed by atoms with E-state index >= 15 is 0 Å². The van der Waals surface area contributed by atoms with E-state index in [1.807, 2.05) is 6.07 Å². The first kappa shape index (κ1) is 13.0. The topological polar surface area (TPSA) is 72.3 Å². The Balaban J connectivity index is 2.38. The van der Waals surface area contributed by atoms with Gasteiger partial charge in [-0.05, 0) is 36.7 Å². The Hall–Kier alpha value is -1.47. The predicted octanol–water partition coefficient (Wildman–Crippen LogP) is 2.82. The molecule has 0 unspecified atom stereocenters. The second-order valence-corrected chi connectivity index (χ2v) is 5.05. The van der Waals surface area contributed by atoms with Crippen LogP contribution in [0.25, 0.3) is 11.3 Å². The van der Waals surface area contributed by atoms with Crippen molar-refractivity contribution >= 4 is 33.4 Å². The number of hydrogen-bond acceptors (Lipinski definition) is 5. The lowest BCUT2D eigenvalue weighted by molar-refractivity contribution is -0.144. The third kappa shape index (κ3) is 2.85. The molecule has 0 saturated carbocycles. The van der Waals surface area contributed by atoms with Crippen LogP contribution in [0, 0.1) is 0 Å². The summed E-state index contributed by atoms with van der Waals surface area (Å²) < 4.78 is 10.1. The van der Waals surface area contributed by atoms with Crippen molar-refractivity contribution in [2.24, 2.45) is 0 Å². The molecule has 0 bridgehead atoms. The molecule has 2 aromatic rings. The standard InChI is InChI=1S/C11H9BrN2O3S/c1-6(11(15)16)17-10-3-2-7(12)4-8(10)9-5-18-14-13-9/h2-6H,1H3,(H,15,16)/t6-/m0/s1. The summed E-state index contributed by atoms with van der Waals surface area (Å²) in [6, 6.07) is 5.31. The molecule has 1 atom stereocenters. The van der Waals surface area contributed by atoms with Gasteiger partial charge in [-0.3, -0.25) is 0 Å². The van der Waals surface area contributed by atoms with Gasteiger partial charge in [-0.25, -0.2) is 4.79 Å². The van der Waals surface area contributed by atoms with Crippen LogP contribution in [0.2, 0.25) is 0 Å². The molecule has 0 amide bonds. The van der Waals surface area contributed by atoms with Gasteiger partial charge in [0.15, 0.2) is 6.10 Å². The fourth-order valence-corrected chi connectivity index (χ4v) is 2.15. The van der Waals surface area contributed by atoms with Gasteiger partial charge in [-0.2, -0.15) is 0 Å².